The zero-order valence-electron chi connectivity index (χ0n) is 16.5. The summed E-state index contributed by atoms with van der Waals surface area (Å²) in [6.07, 6.45) is 0.446. The van der Waals surface area contributed by atoms with Crippen LogP contribution in [0.1, 0.15) is 12.1 Å². The van der Waals surface area contributed by atoms with Crippen LogP contribution in [0.5, 0.6) is 11.5 Å². The molecule has 150 valence electrons. The first-order valence-electron chi connectivity index (χ1n) is 9.67. The van der Waals surface area contributed by atoms with E-state index in [2.05, 4.69) is 10.3 Å². The number of fused-ring (bicyclic) bond motifs is 1. The van der Waals surface area contributed by atoms with E-state index in [1.54, 1.807) is 35.9 Å². The lowest BCUT2D eigenvalue weighted by Gasteiger charge is -2.09. The van der Waals surface area contributed by atoms with Gasteiger partial charge < -0.3 is 14.6 Å². The van der Waals surface area contributed by atoms with Gasteiger partial charge in [0.2, 0.25) is 5.91 Å². The van der Waals surface area contributed by atoms with Gasteiger partial charge in [-0.2, -0.15) is 0 Å². The first-order valence-corrected chi connectivity index (χ1v) is 9.67. The smallest absolute Gasteiger partial charge is 0.272 e. The van der Waals surface area contributed by atoms with Crippen LogP contribution in [0.2, 0.25) is 0 Å². The third kappa shape index (κ3) is 4.38. The number of nitrogens with one attached hydrogen (secondary N) is 1. The molecule has 0 aliphatic carbocycles. The van der Waals surface area contributed by atoms with Gasteiger partial charge in [0.15, 0.2) is 0 Å². The molecule has 1 N–H and O–H groups in total. The number of carbonyl (C=O) groups excluding carboxylic acids is 1. The average molecular weight is 399 g/mol. The van der Waals surface area contributed by atoms with Gasteiger partial charge in [0, 0.05) is 25.6 Å². The molecule has 4 aromatic rings. The zero-order valence-corrected chi connectivity index (χ0v) is 16.5. The van der Waals surface area contributed by atoms with Crippen LogP contribution in [0, 0.1) is 0 Å². The molecule has 6 nitrogen and oxygen atoms in total. The van der Waals surface area contributed by atoms with E-state index in [0.29, 0.717) is 17.1 Å². The van der Waals surface area contributed by atoms with Crippen molar-refractivity contribution in [2.24, 2.45) is 7.05 Å². The lowest BCUT2D eigenvalue weighted by Crippen LogP contribution is -2.24. The molecule has 0 radical (unpaired) electrons. The summed E-state index contributed by atoms with van der Waals surface area (Å²) in [7, 11) is 1.72. The summed E-state index contributed by atoms with van der Waals surface area (Å²) in [4.78, 5) is 29.3. The van der Waals surface area contributed by atoms with Crippen LogP contribution >= 0.6 is 0 Å². The van der Waals surface area contributed by atoms with Crippen LogP contribution in [0.3, 0.4) is 0 Å². The molecule has 30 heavy (non-hydrogen) atoms. The average Bonchev–Trinajstić information content (AvgIpc) is 2.77. The third-order valence-electron chi connectivity index (χ3n) is 4.76. The van der Waals surface area contributed by atoms with Crippen molar-refractivity contribution in [3.8, 4) is 11.5 Å². The zero-order chi connectivity index (χ0) is 20.9. The molecule has 0 fully saturated rings. The van der Waals surface area contributed by atoms with Crippen molar-refractivity contribution >= 4 is 22.6 Å². The molecular weight excluding hydrogens is 378 g/mol. The van der Waals surface area contributed by atoms with Gasteiger partial charge >= 0.3 is 0 Å². The summed E-state index contributed by atoms with van der Waals surface area (Å²) in [6.45, 7) is 0. The molecular formula is C24H21N3O3. The van der Waals surface area contributed by atoms with Gasteiger partial charge in [-0.25, -0.2) is 4.98 Å². The van der Waals surface area contributed by atoms with E-state index in [4.69, 9.17) is 4.74 Å². The second-order valence-corrected chi connectivity index (χ2v) is 6.90. The highest BCUT2D eigenvalue weighted by Crippen LogP contribution is 2.22. The van der Waals surface area contributed by atoms with Crippen molar-refractivity contribution in [1.29, 1.82) is 0 Å². The minimum atomic E-state index is -0.177. The Kier molecular flexibility index (Phi) is 5.57. The van der Waals surface area contributed by atoms with E-state index < -0.39 is 0 Å². The number of hydrogen-bond acceptors (Lipinski definition) is 4. The maximum Gasteiger partial charge on any atom is 0.272 e. The molecule has 6 heteroatoms. The van der Waals surface area contributed by atoms with Crippen molar-refractivity contribution in [2.75, 3.05) is 5.32 Å². The number of aromatic nitrogens is 2. The van der Waals surface area contributed by atoms with Gasteiger partial charge in [-0.05, 0) is 48.5 Å². The highest BCUT2D eigenvalue weighted by Gasteiger charge is 2.11. The van der Waals surface area contributed by atoms with Crippen molar-refractivity contribution in [2.45, 2.75) is 12.8 Å². The predicted octanol–water partition coefficient (Wildman–Crippen LogP) is 4.30. The maximum absolute atomic E-state index is 12.5. The maximum atomic E-state index is 12.5. The lowest BCUT2D eigenvalue weighted by molar-refractivity contribution is -0.116. The van der Waals surface area contributed by atoms with Crippen molar-refractivity contribution in [1.82, 2.24) is 9.55 Å². The number of aryl methyl sites for hydroxylation is 2. The molecule has 0 aliphatic heterocycles. The van der Waals surface area contributed by atoms with E-state index in [0.717, 1.165) is 16.8 Å². The summed E-state index contributed by atoms with van der Waals surface area (Å²) < 4.78 is 7.32. The van der Waals surface area contributed by atoms with Crippen LogP contribution in [0.15, 0.2) is 83.7 Å². The Labute approximate surface area is 173 Å². The lowest BCUT2D eigenvalue weighted by atomic mass is 10.2. The highest BCUT2D eigenvalue weighted by molar-refractivity contribution is 5.90. The molecule has 0 unspecified atom stereocenters. The molecule has 1 amide bonds. The Balaban J connectivity index is 1.38. The Morgan fingerprint density at radius 3 is 2.37 bits per heavy atom. The molecule has 0 saturated heterocycles. The SMILES string of the molecule is Cn1c(=O)c(CCC(=O)Nc2ccc(Oc3ccccc3)cc2)nc2ccccc21. The number of amides is 1. The molecule has 1 heterocycles. The molecule has 0 bridgehead atoms. The number of nitrogens with zero attached hydrogens (tertiary/aromatic N) is 2. The molecule has 0 aliphatic rings. The molecule has 0 spiro atoms. The van der Waals surface area contributed by atoms with Crippen LogP contribution in [-0.4, -0.2) is 15.5 Å². The van der Waals surface area contributed by atoms with Gasteiger partial charge in [-0.1, -0.05) is 30.3 Å². The van der Waals surface area contributed by atoms with E-state index in [-0.39, 0.29) is 24.3 Å². The van der Waals surface area contributed by atoms with Crippen LogP contribution in [0.4, 0.5) is 5.69 Å². The number of para-hydroxylation sites is 3. The van der Waals surface area contributed by atoms with Crippen LogP contribution in [-0.2, 0) is 18.3 Å². The van der Waals surface area contributed by atoms with E-state index in [1.807, 2.05) is 54.6 Å². The minimum Gasteiger partial charge on any atom is -0.457 e. The Bertz CT molecular complexity index is 1230. The number of benzene rings is 3. The summed E-state index contributed by atoms with van der Waals surface area (Å²) in [5.41, 5.74) is 2.39. The Hall–Kier alpha value is -3.93. The van der Waals surface area contributed by atoms with E-state index in [1.165, 1.54) is 0 Å². The fourth-order valence-corrected chi connectivity index (χ4v) is 3.19. The van der Waals surface area contributed by atoms with Gasteiger partial charge in [0.25, 0.3) is 5.56 Å². The summed E-state index contributed by atoms with van der Waals surface area (Å²) in [5, 5.41) is 2.84. The van der Waals surface area contributed by atoms with Crippen LogP contribution in [0.25, 0.3) is 11.0 Å². The third-order valence-corrected chi connectivity index (χ3v) is 4.76. The monoisotopic (exact) mass is 399 g/mol. The first kappa shape index (κ1) is 19.4. The molecule has 4 rings (SSSR count). The molecule has 0 atom stereocenters. The van der Waals surface area contributed by atoms with E-state index >= 15 is 0 Å². The van der Waals surface area contributed by atoms with Gasteiger partial charge in [-0.3, -0.25) is 9.59 Å². The number of anilines is 1. The molecule has 3 aromatic carbocycles. The number of rotatable bonds is 6. The fraction of sp³-hybridized carbons (Fsp3) is 0.125. The second-order valence-electron chi connectivity index (χ2n) is 6.90. The molecule has 0 saturated carbocycles. The predicted molar refractivity (Wildman–Crippen MR) is 117 cm³/mol. The second kappa shape index (κ2) is 8.61. The number of hydrogen-bond donors (Lipinski definition) is 1. The van der Waals surface area contributed by atoms with Crippen LogP contribution < -0.4 is 15.6 Å². The summed E-state index contributed by atoms with van der Waals surface area (Å²) in [5.74, 6) is 1.26. The van der Waals surface area contributed by atoms with E-state index in [9.17, 15) is 9.59 Å². The largest absolute Gasteiger partial charge is 0.457 e. The van der Waals surface area contributed by atoms with Gasteiger partial charge in [0.1, 0.15) is 17.2 Å². The first-order chi connectivity index (χ1) is 14.6. The van der Waals surface area contributed by atoms with Crippen molar-refractivity contribution < 1.29 is 9.53 Å². The standard InChI is InChI=1S/C24H21N3O3/c1-27-22-10-6-5-9-20(22)26-21(24(27)29)15-16-23(28)25-17-11-13-19(14-12-17)30-18-7-3-2-4-8-18/h2-14H,15-16H2,1H3,(H,25,28). The fourth-order valence-electron chi connectivity index (χ4n) is 3.19. The van der Waals surface area contributed by atoms with Crippen molar-refractivity contribution in [3.05, 3.63) is 94.9 Å². The van der Waals surface area contributed by atoms with Gasteiger partial charge in [-0.15, -0.1) is 0 Å². The van der Waals surface area contributed by atoms with Crippen molar-refractivity contribution in [3.63, 3.8) is 0 Å². The summed E-state index contributed by atoms with van der Waals surface area (Å²) in [6, 6.07) is 24.1. The quantitative estimate of drug-likeness (QED) is 0.525. The topological polar surface area (TPSA) is 73.2 Å². The molecule has 1 aromatic heterocycles. The Morgan fingerprint density at radius 2 is 1.60 bits per heavy atom. The highest BCUT2D eigenvalue weighted by atomic mass is 16.5. The normalized spacial score (nSPS) is 10.7. The number of ether oxygens (including phenoxy) is 1. The minimum absolute atomic E-state index is 0.169. The number of carbonyl (C=O) groups is 1. The summed E-state index contributed by atoms with van der Waals surface area (Å²) >= 11 is 0. The van der Waals surface area contributed by atoms with Gasteiger partial charge in [0.05, 0.1) is 11.0 Å². The Morgan fingerprint density at radius 1 is 0.933 bits per heavy atom.